The topological polar surface area (TPSA) is 46.6 Å². The Bertz CT molecular complexity index is 683. The van der Waals surface area contributed by atoms with Gasteiger partial charge >= 0.3 is 5.97 Å². The van der Waals surface area contributed by atoms with Crippen LogP contribution in [0.2, 0.25) is 0 Å². The number of allylic oxidation sites excluding steroid dienone is 1. The summed E-state index contributed by atoms with van der Waals surface area (Å²) >= 11 is 0. The van der Waals surface area contributed by atoms with Gasteiger partial charge in [0.05, 0.1) is 13.2 Å². The highest BCUT2D eigenvalue weighted by atomic mass is 16.5. The highest BCUT2D eigenvalue weighted by Gasteiger charge is 2.60. The van der Waals surface area contributed by atoms with Crippen molar-refractivity contribution in [1.29, 1.82) is 0 Å². The van der Waals surface area contributed by atoms with Crippen LogP contribution in [0.15, 0.2) is 11.1 Å². The number of carbonyl (C=O) groups excluding carboxylic acids is 2. The summed E-state index contributed by atoms with van der Waals surface area (Å²) < 4.78 is 5.14. The second-order valence-electron chi connectivity index (χ2n) is 9.67. The van der Waals surface area contributed by atoms with Crippen LogP contribution in [-0.2, 0) is 14.3 Å². The number of fused-ring (bicyclic) bond motifs is 5. The molecule has 0 spiro atoms. The Balaban J connectivity index is 1.66. The molecule has 0 amide bonds. The van der Waals surface area contributed by atoms with Crippen molar-refractivity contribution in [3.63, 3.8) is 0 Å². The zero-order chi connectivity index (χ0) is 18.9. The molecule has 2 aliphatic heterocycles. The van der Waals surface area contributed by atoms with Crippen molar-refractivity contribution in [1.82, 2.24) is 4.90 Å². The SMILES string of the molecule is COC(=O)C1=C(C)C[C@H]2[C@@H]3CCN4C(C)C(=O)CC[C@]4(C)[C@@H]3CC[C@]12C. The van der Waals surface area contributed by atoms with Crippen molar-refractivity contribution in [3.8, 4) is 0 Å². The molecule has 0 aromatic heterocycles. The van der Waals surface area contributed by atoms with Gasteiger partial charge in [-0.2, -0.15) is 0 Å². The number of ether oxygens (including phenoxy) is 1. The van der Waals surface area contributed by atoms with Crippen LogP contribution < -0.4 is 0 Å². The summed E-state index contributed by atoms with van der Waals surface area (Å²) in [5.41, 5.74) is 2.31. The molecule has 4 aliphatic rings. The number of ketones is 1. The summed E-state index contributed by atoms with van der Waals surface area (Å²) in [5, 5.41) is 0. The maximum Gasteiger partial charge on any atom is 0.334 e. The zero-order valence-electron chi connectivity index (χ0n) is 16.9. The molecule has 2 heterocycles. The number of methoxy groups -OCH3 is 1. The van der Waals surface area contributed by atoms with E-state index in [0.29, 0.717) is 23.5 Å². The van der Waals surface area contributed by atoms with Crippen LogP contribution in [-0.4, -0.2) is 41.9 Å². The minimum atomic E-state index is -0.119. The molecule has 0 radical (unpaired) electrons. The third-order valence-electron chi connectivity index (χ3n) is 8.71. The monoisotopic (exact) mass is 359 g/mol. The van der Waals surface area contributed by atoms with E-state index in [-0.39, 0.29) is 23.0 Å². The third-order valence-corrected chi connectivity index (χ3v) is 8.71. The van der Waals surface area contributed by atoms with E-state index >= 15 is 0 Å². The van der Waals surface area contributed by atoms with Crippen LogP contribution in [0.25, 0.3) is 0 Å². The summed E-state index contributed by atoms with van der Waals surface area (Å²) in [5.74, 6) is 2.11. The average molecular weight is 360 g/mol. The predicted molar refractivity (Wildman–Crippen MR) is 101 cm³/mol. The third kappa shape index (κ3) is 2.23. The van der Waals surface area contributed by atoms with Gasteiger partial charge in [0.15, 0.2) is 0 Å². The minimum Gasteiger partial charge on any atom is -0.466 e. The zero-order valence-corrected chi connectivity index (χ0v) is 16.9. The number of esters is 1. The molecule has 2 aliphatic carbocycles. The van der Waals surface area contributed by atoms with Crippen molar-refractivity contribution in [2.24, 2.45) is 23.2 Å². The highest BCUT2D eigenvalue weighted by molar-refractivity contribution is 5.91. The second kappa shape index (κ2) is 5.92. The van der Waals surface area contributed by atoms with Crippen LogP contribution in [0.3, 0.4) is 0 Å². The summed E-state index contributed by atoms with van der Waals surface area (Å²) in [6, 6.07) is 0.0667. The van der Waals surface area contributed by atoms with Crippen molar-refractivity contribution in [2.45, 2.75) is 77.8 Å². The van der Waals surface area contributed by atoms with Gasteiger partial charge in [-0.15, -0.1) is 0 Å². The lowest BCUT2D eigenvalue weighted by molar-refractivity contribution is -0.153. The van der Waals surface area contributed by atoms with Crippen LogP contribution in [0.5, 0.6) is 0 Å². The first kappa shape index (κ1) is 18.2. The van der Waals surface area contributed by atoms with Gasteiger partial charge in [0.25, 0.3) is 0 Å². The maximum absolute atomic E-state index is 12.5. The quantitative estimate of drug-likeness (QED) is 0.669. The fourth-order valence-electron chi connectivity index (χ4n) is 7.38. The molecule has 3 fully saturated rings. The fourth-order valence-corrected chi connectivity index (χ4v) is 7.38. The van der Waals surface area contributed by atoms with Gasteiger partial charge in [-0.25, -0.2) is 4.79 Å². The molecular formula is C22H33NO3. The van der Waals surface area contributed by atoms with Crippen molar-refractivity contribution in [2.75, 3.05) is 13.7 Å². The lowest BCUT2D eigenvalue weighted by atomic mass is 9.51. The van der Waals surface area contributed by atoms with Gasteiger partial charge in [-0.1, -0.05) is 12.5 Å². The number of hydrogen-bond donors (Lipinski definition) is 0. The Hall–Kier alpha value is -1.16. The molecule has 0 aromatic carbocycles. The first-order valence-electron chi connectivity index (χ1n) is 10.3. The molecule has 6 atom stereocenters. The summed E-state index contributed by atoms with van der Waals surface area (Å²) in [7, 11) is 1.50. The molecule has 4 heteroatoms. The first-order chi connectivity index (χ1) is 12.2. The van der Waals surface area contributed by atoms with E-state index in [4.69, 9.17) is 4.74 Å². The smallest absolute Gasteiger partial charge is 0.334 e. The molecule has 2 saturated heterocycles. The number of hydrogen-bond acceptors (Lipinski definition) is 4. The van der Waals surface area contributed by atoms with E-state index in [2.05, 4.69) is 32.6 Å². The van der Waals surface area contributed by atoms with Crippen LogP contribution in [0, 0.1) is 23.2 Å². The number of nitrogens with zero attached hydrogens (tertiary/aromatic N) is 1. The van der Waals surface area contributed by atoms with Gasteiger partial charge < -0.3 is 4.74 Å². The van der Waals surface area contributed by atoms with E-state index in [1.54, 1.807) is 0 Å². The Morgan fingerprint density at radius 2 is 1.92 bits per heavy atom. The Morgan fingerprint density at radius 1 is 1.19 bits per heavy atom. The molecule has 0 aromatic rings. The van der Waals surface area contributed by atoms with E-state index in [0.717, 1.165) is 50.6 Å². The van der Waals surface area contributed by atoms with Gasteiger partial charge in [0, 0.05) is 22.9 Å². The van der Waals surface area contributed by atoms with Crippen molar-refractivity contribution in [3.05, 3.63) is 11.1 Å². The van der Waals surface area contributed by atoms with Crippen molar-refractivity contribution >= 4 is 11.8 Å². The van der Waals surface area contributed by atoms with E-state index in [1.165, 1.54) is 12.7 Å². The van der Waals surface area contributed by atoms with Gasteiger partial charge in [0.1, 0.15) is 5.78 Å². The molecule has 1 saturated carbocycles. The van der Waals surface area contributed by atoms with E-state index < -0.39 is 0 Å². The predicted octanol–water partition coefficient (Wildman–Crippen LogP) is 3.74. The molecule has 144 valence electrons. The number of Topliss-reactive ketones (excluding diaryl/α,β-unsaturated/α-hetero) is 1. The normalized spacial score (nSPS) is 45.8. The Labute approximate surface area is 157 Å². The second-order valence-corrected chi connectivity index (χ2v) is 9.67. The number of piperidine rings is 2. The average Bonchev–Trinajstić information content (AvgIpc) is 2.88. The van der Waals surface area contributed by atoms with Gasteiger partial charge in [-0.3, -0.25) is 9.69 Å². The molecular weight excluding hydrogens is 326 g/mol. The number of carbonyl (C=O) groups is 2. The van der Waals surface area contributed by atoms with Crippen molar-refractivity contribution < 1.29 is 14.3 Å². The molecule has 0 bridgehead atoms. The molecule has 4 rings (SSSR count). The summed E-state index contributed by atoms with van der Waals surface area (Å²) in [4.78, 5) is 27.3. The molecule has 4 nitrogen and oxygen atoms in total. The Morgan fingerprint density at radius 3 is 2.62 bits per heavy atom. The molecule has 26 heavy (non-hydrogen) atoms. The Kier molecular flexibility index (Phi) is 4.15. The standard InChI is InChI=1S/C22H33NO3/c1-13-12-17-15-8-11-23-14(2)18(24)7-10-22(23,4)16(15)6-9-21(17,3)19(13)20(25)26-5/h14-17H,6-12H2,1-5H3/t14?,15-,16-,17+,21+,22-/m1/s1. The van der Waals surface area contributed by atoms with Gasteiger partial charge in [-0.05, 0) is 77.2 Å². The van der Waals surface area contributed by atoms with Crippen LogP contribution in [0.4, 0.5) is 0 Å². The molecule has 1 unspecified atom stereocenters. The van der Waals surface area contributed by atoms with Gasteiger partial charge in [0.2, 0.25) is 0 Å². The highest BCUT2D eigenvalue weighted by Crippen LogP contribution is 2.63. The van der Waals surface area contributed by atoms with E-state index in [9.17, 15) is 9.59 Å². The van der Waals surface area contributed by atoms with Crippen LogP contribution in [0.1, 0.15) is 66.2 Å². The maximum atomic E-state index is 12.5. The number of rotatable bonds is 1. The van der Waals surface area contributed by atoms with Crippen LogP contribution >= 0.6 is 0 Å². The molecule has 0 N–H and O–H groups in total. The lowest BCUT2D eigenvalue weighted by Crippen LogP contribution is -2.67. The minimum absolute atomic E-state index is 0.0347. The van der Waals surface area contributed by atoms with E-state index in [1.807, 2.05) is 0 Å². The summed E-state index contributed by atoms with van der Waals surface area (Å²) in [6.45, 7) is 9.96. The fraction of sp³-hybridized carbons (Fsp3) is 0.818. The lowest BCUT2D eigenvalue weighted by Gasteiger charge is -2.62. The first-order valence-corrected chi connectivity index (χ1v) is 10.3. The summed E-state index contributed by atoms with van der Waals surface area (Å²) in [6.07, 6.45) is 6.12. The largest absolute Gasteiger partial charge is 0.466 e.